The molecule has 1 aromatic carbocycles. The van der Waals surface area contributed by atoms with Crippen LogP contribution in [0.3, 0.4) is 0 Å². The highest BCUT2D eigenvalue weighted by atomic mass is 32.1. The summed E-state index contributed by atoms with van der Waals surface area (Å²) in [6.07, 6.45) is 4.38. The van der Waals surface area contributed by atoms with Crippen molar-refractivity contribution < 1.29 is 17.6 Å². The second-order valence-electron chi connectivity index (χ2n) is 7.80. The summed E-state index contributed by atoms with van der Waals surface area (Å²) < 4.78 is 52.8. The van der Waals surface area contributed by atoms with E-state index in [1.54, 1.807) is 6.07 Å². The molecule has 140 valence electrons. The molecule has 2 aliphatic rings. The van der Waals surface area contributed by atoms with Gasteiger partial charge in [0.15, 0.2) is 0 Å². The molecule has 2 fully saturated rings. The molecule has 0 amide bonds. The summed E-state index contributed by atoms with van der Waals surface area (Å²) in [6, 6.07) is 7.46. The first-order valence-corrected chi connectivity index (χ1v) is 10.2. The predicted molar refractivity (Wildman–Crippen MR) is 96.8 cm³/mol. The fraction of sp³-hybridized carbons (Fsp3) is 0.524. The van der Waals surface area contributed by atoms with Gasteiger partial charge in [-0.25, -0.2) is 4.39 Å². The third-order valence-corrected chi connectivity index (χ3v) is 6.99. The number of hydrogen-bond acceptors (Lipinski definition) is 1. The van der Waals surface area contributed by atoms with E-state index < -0.39 is 16.9 Å². The summed E-state index contributed by atoms with van der Waals surface area (Å²) in [4.78, 5) is -0.362. The van der Waals surface area contributed by atoms with Crippen LogP contribution < -0.4 is 0 Å². The molecule has 0 saturated heterocycles. The fourth-order valence-corrected chi connectivity index (χ4v) is 5.08. The molecule has 1 heterocycles. The second-order valence-corrected chi connectivity index (χ2v) is 8.88. The first-order chi connectivity index (χ1) is 12.4. The van der Waals surface area contributed by atoms with Gasteiger partial charge < -0.3 is 0 Å². The Morgan fingerprint density at radius 1 is 0.885 bits per heavy atom. The Kier molecular flexibility index (Phi) is 4.84. The number of rotatable bonds is 4. The second kappa shape index (κ2) is 6.99. The molecule has 2 aromatic rings. The van der Waals surface area contributed by atoms with Gasteiger partial charge in [-0.2, -0.15) is 13.2 Å². The molecule has 0 N–H and O–H groups in total. The third-order valence-electron chi connectivity index (χ3n) is 5.83. The zero-order chi connectivity index (χ0) is 18.3. The van der Waals surface area contributed by atoms with Crippen molar-refractivity contribution in [3.05, 3.63) is 46.6 Å². The Labute approximate surface area is 155 Å². The summed E-state index contributed by atoms with van der Waals surface area (Å²) in [6.45, 7) is 0. The van der Waals surface area contributed by atoms with Gasteiger partial charge in [-0.05, 0) is 73.6 Å². The Balaban J connectivity index is 1.45. The zero-order valence-electron chi connectivity index (χ0n) is 14.5. The van der Waals surface area contributed by atoms with Crippen molar-refractivity contribution in [3.63, 3.8) is 0 Å². The minimum absolute atomic E-state index is 0.261. The highest BCUT2D eigenvalue weighted by Crippen LogP contribution is 2.44. The van der Waals surface area contributed by atoms with E-state index in [2.05, 4.69) is 0 Å². The van der Waals surface area contributed by atoms with Crippen LogP contribution in [0.1, 0.15) is 61.3 Å². The summed E-state index contributed by atoms with van der Waals surface area (Å²) >= 11 is 0.595. The van der Waals surface area contributed by atoms with Gasteiger partial charge in [0.05, 0.1) is 0 Å². The first-order valence-electron chi connectivity index (χ1n) is 9.37. The van der Waals surface area contributed by atoms with Gasteiger partial charge in [-0.1, -0.05) is 25.0 Å². The van der Waals surface area contributed by atoms with Gasteiger partial charge in [-0.15, -0.1) is 11.3 Å². The Hall–Kier alpha value is -1.36. The summed E-state index contributed by atoms with van der Waals surface area (Å²) in [7, 11) is 0. The number of halogens is 4. The fourth-order valence-electron chi connectivity index (χ4n) is 4.18. The summed E-state index contributed by atoms with van der Waals surface area (Å²) in [5.41, 5.74) is 1.25. The van der Waals surface area contributed by atoms with Crippen molar-refractivity contribution >= 4 is 11.3 Å². The molecular formula is C21H22F4S. The van der Waals surface area contributed by atoms with E-state index in [4.69, 9.17) is 0 Å². The van der Waals surface area contributed by atoms with E-state index in [-0.39, 0.29) is 5.56 Å². The van der Waals surface area contributed by atoms with Crippen LogP contribution in [0.15, 0.2) is 30.3 Å². The maximum absolute atomic E-state index is 14.6. The SMILES string of the molecule is Fc1cc(C2CCC(CC3CC3)CC2)ccc1-c1ccc(C(F)(F)F)s1. The topological polar surface area (TPSA) is 0 Å². The van der Waals surface area contributed by atoms with Gasteiger partial charge in [-0.3, -0.25) is 0 Å². The van der Waals surface area contributed by atoms with E-state index >= 15 is 0 Å². The monoisotopic (exact) mass is 382 g/mol. The van der Waals surface area contributed by atoms with Crippen molar-refractivity contribution in [3.8, 4) is 10.4 Å². The molecule has 0 radical (unpaired) electrons. The largest absolute Gasteiger partial charge is 0.425 e. The van der Waals surface area contributed by atoms with Gasteiger partial charge in [0.2, 0.25) is 0 Å². The maximum atomic E-state index is 14.6. The Morgan fingerprint density at radius 3 is 2.08 bits per heavy atom. The van der Waals surface area contributed by atoms with E-state index in [9.17, 15) is 17.6 Å². The van der Waals surface area contributed by atoms with Crippen LogP contribution in [0.5, 0.6) is 0 Å². The van der Waals surface area contributed by atoms with E-state index in [1.165, 1.54) is 44.2 Å². The Morgan fingerprint density at radius 2 is 1.54 bits per heavy atom. The van der Waals surface area contributed by atoms with Crippen LogP contribution >= 0.6 is 11.3 Å². The maximum Gasteiger partial charge on any atom is 0.425 e. The third kappa shape index (κ3) is 3.98. The average Bonchev–Trinajstić information content (AvgIpc) is 3.26. The standard InChI is InChI=1S/C21H22F4S/c22-18-12-16(15-5-3-14(4-6-15)11-13-1-2-13)7-8-17(18)19-9-10-20(26-19)21(23,24)25/h7-10,12-15H,1-6,11H2. The van der Waals surface area contributed by atoms with Crippen LogP contribution in [-0.2, 0) is 6.18 Å². The molecule has 0 nitrogen and oxygen atoms in total. The molecule has 0 atom stereocenters. The number of alkyl halides is 3. The van der Waals surface area contributed by atoms with Crippen molar-refractivity contribution in [1.29, 1.82) is 0 Å². The van der Waals surface area contributed by atoms with Crippen LogP contribution in [0.2, 0.25) is 0 Å². The number of benzene rings is 1. The molecule has 26 heavy (non-hydrogen) atoms. The van der Waals surface area contributed by atoms with Crippen LogP contribution in [0, 0.1) is 17.7 Å². The molecule has 2 aliphatic carbocycles. The molecular weight excluding hydrogens is 360 g/mol. The van der Waals surface area contributed by atoms with Crippen molar-refractivity contribution in [1.82, 2.24) is 0 Å². The highest BCUT2D eigenvalue weighted by Gasteiger charge is 2.33. The quantitative estimate of drug-likeness (QED) is 0.476. The molecule has 0 unspecified atom stereocenters. The first kappa shape index (κ1) is 18.0. The van der Waals surface area contributed by atoms with Crippen molar-refractivity contribution in [2.45, 2.75) is 57.0 Å². The van der Waals surface area contributed by atoms with Gasteiger partial charge >= 0.3 is 6.18 Å². The highest BCUT2D eigenvalue weighted by molar-refractivity contribution is 7.15. The van der Waals surface area contributed by atoms with Gasteiger partial charge in [0, 0.05) is 10.4 Å². The molecule has 0 aliphatic heterocycles. The van der Waals surface area contributed by atoms with Crippen LogP contribution in [-0.4, -0.2) is 0 Å². The molecule has 0 spiro atoms. The lowest BCUT2D eigenvalue weighted by molar-refractivity contribution is -0.134. The summed E-state index contributed by atoms with van der Waals surface area (Å²) in [5, 5.41) is 0. The van der Waals surface area contributed by atoms with Crippen molar-refractivity contribution in [2.75, 3.05) is 0 Å². The molecule has 4 rings (SSSR count). The predicted octanol–water partition coefficient (Wildman–Crippen LogP) is 7.65. The Bertz CT molecular complexity index is 765. The van der Waals surface area contributed by atoms with Gasteiger partial charge in [0.1, 0.15) is 10.7 Å². The molecule has 1 aromatic heterocycles. The molecule has 2 saturated carbocycles. The van der Waals surface area contributed by atoms with E-state index in [0.29, 0.717) is 22.1 Å². The van der Waals surface area contributed by atoms with Crippen LogP contribution in [0.25, 0.3) is 10.4 Å². The van der Waals surface area contributed by atoms with Crippen LogP contribution in [0.4, 0.5) is 17.6 Å². The molecule has 5 heteroatoms. The lowest BCUT2D eigenvalue weighted by atomic mass is 9.77. The minimum Gasteiger partial charge on any atom is -0.206 e. The minimum atomic E-state index is -4.38. The smallest absolute Gasteiger partial charge is 0.206 e. The lowest BCUT2D eigenvalue weighted by Gasteiger charge is -2.29. The van der Waals surface area contributed by atoms with Gasteiger partial charge in [0.25, 0.3) is 0 Å². The molecule has 0 bridgehead atoms. The number of thiophene rings is 1. The average molecular weight is 382 g/mol. The van der Waals surface area contributed by atoms with E-state index in [0.717, 1.165) is 36.3 Å². The van der Waals surface area contributed by atoms with E-state index in [1.807, 2.05) is 6.07 Å². The normalized spacial score (nSPS) is 24.0. The summed E-state index contributed by atoms with van der Waals surface area (Å²) in [5.74, 6) is 1.75. The lowest BCUT2D eigenvalue weighted by Crippen LogP contribution is -2.14. The zero-order valence-corrected chi connectivity index (χ0v) is 15.3. The number of hydrogen-bond donors (Lipinski definition) is 0. The van der Waals surface area contributed by atoms with Crippen molar-refractivity contribution in [2.24, 2.45) is 11.8 Å².